The highest BCUT2D eigenvalue weighted by Gasteiger charge is 2.20. The van der Waals surface area contributed by atoms with Gasteiger partial charge in [-0.2, -0.15) is 0 Å². The maximum atomic E-state index is 9.91. The molecule has 0 amide bonds. The highest BCUT2D eigenvalue weighted by molar-refractivity contribution is 5.84. The van der Waals surface area contributed by atoms with E-state index in [2.05, 4.69) is 36.1 Å². The number of phenols is 1. The highest BCUT2D eigenvalue weighted by atomic mass is 16.3. The minimum absolute atomic E-state index is 0.296. The molecule has 1 aliphatic rings. The first-order valence-electron chi connectivity index (χ1n) is 9.16. The molecule has 1 aliphatic heterocycles. The van der Waals surface area contributed by atoms with Crippen molar-refractivity contribution in [2.45, 2.75) is 32.7 Å². The molecule has 0 radical (unpaired) electrons. The van der Waals surface area contributed by atoms with Crippen LogP contribution in [0.5, 0.6) is 5.75 Å². The number of benzene rings is 2. The summed E-state index contributed by atoms with van der Waals surface area (Å²) in [7, 11) is 0. The lowest BCUT2D eigenvalue weighted by Crippen LogP contribution is -2.33. The van der Waals surface area contributed by atoms with Crippen LogP contribution in [0.15, 0.2) is 52.9 Å². The van der Waals surface area contributed by atoms with E-state index < -0.39 is 0 Å². The predicted octanol–water partition coefficient (Wildman–Crippen LogP) is 4.90. The van der Waals surface area contributed by atoms with Crippen LogP contribution in [0.2, 0.25) is 0 Å². The summed E-state index contributed by atoms with van der Waals surface area (Å²) in [5.74, 6) is 2.01. The number of aromatic hydroxyl groups is 1. The summed E-state index contributed by atoms with van der Waals surface area (Å²) in [5, 5.41) is 10.7. The fourth-order valence-electron chi connectivity index (χ4n) is 3.80. The van der Waals surface area contributed by atoms with Gasteiger partial charge in [0.15, 0.2) is 0 Å². The number of rotatable bonds is 4. The molecule has 0 aliphatic carbocycles. The molecule has 2 aromatic carbocycles. The lowest BCUT2D eigenvalue weighted by molar-refractivity contribution is 0.167. The summed E-state index contributed by atoms with van der Waals surface area (Å²) < 4.78 is 5.88. The zero-order valence-electron chi connectivity index (χ0n) is 14.7. The van der Waals surface area contributed by atoms with Gasteiger partial charge in [0.05, 0.1) is 11.9 Å². The Morgan fingerprint density at radius 2 is 1.84 bits per heavy atom. The van der Waals surface area contributed by atoms with Crippen LogP contribution in [-0.2, 0) is 13.0 Å². The molecule has 0 spiro atoms. The number of hydrogen-bond donors (Lipinski definition) is 1. The van der Waals surface area contributed by atoms with E-state index in [1.807, 2.05) is 18.2 Å². The van der Waals surface area contributed by atoms with E-state index in [1.165, 1.54) is 30.4 Å². The number of aryl methyl sites for hydroxylation is 1. The average molecular weight is 335 g/mol. The lowest BCUT2D eigenvalue weighted by atomic mass is 9.90. The SMILES string of the molecule is Cc1ccc(CC2CCN(Cc3cc4c(O)cccc4o3)CC2)cc1. The third-order valence-corrected chi connectivity index (χ3v) is 5.32. The van der Waals surface area contributed by atoms with Crippen molar-refractivity contribution in [2.75, 3.05) is 13.1 Å². The molecule has 0 unspecified atom stereocenters. The monoisotopic (exact) mass is 335 g/mol. The summed E-state index contributed by atoms with van der Waals surface area (Å²) >= 11 is 0. The van der Waals surface area contributed by atoms with Crippen LogP contribution in [0.3, 0.4) is 0 Å². The van der Waals surface area contributed by atoms with Gasteiger partial charge in [0, 0.05) is 0 Å². The molecule has 2 heterocycles. The molecule has 1 saturated heterocycles. The molecule has 0 saturated carbocycles. The van der Waals surface area contributed by atoms with Gasteiger partial charge in [-0.3, -0.25) is 4.90 Å². The molecular formula is C22H25NO2. The van der Waals surface area contributed by atoms with Crippen LogP contribution in [-0.4, -0.2) is 23.1 Å². The van der Waals surface area contributed by atoms with E-state index in [0.717, 1.165) is 42.3 Å². The van der Waals surface area contributed by atoms with E-state index >= 15 is 0 Å². The second-order valence-electron chi connectivity index (χ2n) is 7.31. The highest BCUT2D eigenvalue weighted by Crippen LogP contribution is 2.29. The fraction of sp³-hybridized carbons (Fsp3) is 0.364. The van der Waals surface area contributed by atoms with E-state index in [1.54, 1.807) is 6.07 Å². The molecule has 3 heteroatoms. The van der Waals surface area contributed by atoms with Crippen molar-refractivity contribution < 1.29 is 9.52 Å². The van der Waals surface area contributed by atoms with Gasteiger partial charge in [-0.1, -0.05) is 35.9 Å². The lowest BCUT2D eigenvalue weighted by Gasteiger charge is -2.31. The van der Waals surface area contributed by atoms with Gasteiger partial charge >= 0.3 is 0 Å². The second kappa shape index (κ2) is 6.93. The van der Waals surface area contributed by atoms with Crippen LogP contribution >= 0.6 is 0 Å². The molecule has 4 rings (SSSR count). The van der Waals surface area contributed by atoms with Gasteiger partial charge in [-0.05, 0) is 69.0 Å². The maximum absolute atomic E-state index is 9.91. The minimum atomic E-state index is 0.296. The van der Waals surface area contributed by atoms with E-state index in [9.17, 15) is 5.11 Å². The minimum Gasteiger partial charge on any atom is -0.507 e. The summed E-state index contributed by atoms with van der Waals surface area (Å²) in [5.41, 5.74) is 3.55. The van der Waals surface area contributed by atoms with Crippen molar-refractivity contribution in [3.63, 3.8) is 0 Å². The zero-order valence-corrected chi connectivity index (χ0v) is 14.7. The van der Waals surface area contributed by atoms with Gasteiger partial charge in [-0.25, -0.2) is 0 Å². The van der Waals surface area contributed by atoms with Crippen LogP contribution in [0.1, 0.15) is 29.7 Å². The quantitative estimate of drug-likeness (QED) is 0.736. The van der Waals surface area contributed by atoms with Crippen molar-refractivity contribution in [3.8, 4) is 5.75 Å². The van der Waals surface area contributed by atoms with Gasteiger partial charge in [0.25, 0.3) is 0 Å². The Morgan fingerprint density at radius 1 is 1.08 bits per heavy atom. The second-order valence-corrected chi connectivity index (χ2v) is 7.31. The van der Waals surface area contributed by atoms with Crippen LogP contribution in [0.4, 0.5) is 0 Å². The van der Waals surface area contributed by atoms with Crippen LogP contribution in [0, 0.1) is 12.8 Å². The summed E-state index contributed by atoms with van der Waals surface area (Å²) in [6.07, 6.45) is 3.66. The van der Waals surface area contributed by atoms with Crippen molar-refractivity contribution in [3.05, 3.63) is 65.4 Å². The topological polar surface area (TPSA) is 36.6 Å². The Bertz CT molecular complexity index is 842. The Balaban J connectivity index is 1.33. The standard InChI is InChI=1S/C22H25NO2/c1-16-5-7-17(8-6-16)13-18-9-11-23(12-10-18)15-19-14-20-21(24)3-2-4-22(20)25-19/h2-8,14,18,24H,9-13,15H2,1H3. The van der Waals surface area contributed by atoms with Crippen LogP contribution in [0.25, 0.3) is 11.0 Å². The van der Waals surface area contributed by atoms with Crippen LogP contribution < -0.4 is 0 Å². The number of piperidine rings is 1. The molecule has 1 aromatic heterocycles. The number of nitrogens with zero attached hydrogens (tertiary/aromatic N) is 1. The summed E-state index contributed by atoms with van der Waals surface area (Å²) in [4.78, 5) is 2.46. The molecule has 1 N–H and O–H groups in total. The van der Waals surface area contributed by atoms with Gasteiger partial charge in [-0.15, -0.1) is 0 Å². The van der Waals surface area contributed by atoms with Crippen molar-refractivity contribution in [2.24, 2.45) is 5.92 Å². The molecule has 130 valence electrons. The number of fused-ring (bicyclic) bond motifs is 1. The van der Waals surface area contributed by atoms with E-state index in [4.69, 9.17) is 4.42 Å². The molecule has 3 aromatic rings. The van der Waals surface area contributed by atoms with E-state index in [0.29, 0.717) is 5.75 Å². The van der Waals surface area contributed by atoms with Crippen molar-refractivity contribution in [1.29, 1.82) is 0 Å². The first-order chi connectivity index (χ1) is 12.2. The third-order valence-electron chi connectivity index (χ3n) is 5.32. The zero-order chi connectivity index (χ0) is 17.2. The van der Waals surface area contributed by atoms with Gasteiger partial charge in [0.1, 0.15) is 17.1 Å². The third kappa shape index (κ3) is 3.72. The smallest absolute Gasteiger partial charge is 0.138 e. The molecule has 1 fully saturated rings. The number of likely N-dealkylation sites (tertiary alicyclic amines) is 1. The Kier molecular flexibility index (Phi) is 4.50. The fourth-order valence-corrected chi connectivity index (χ4v) is 3.80. The summed E-state index contributed by atoms with van der Waals surface area (Å²) in [6, 6.07) is 16.4. The van der Waals surface area contributed by atoms with E-state index in [-0.39, 0.29) is 0 Å². The molecule has 3 nitrogen and oxygen atoms in total. The molecule has 25 heavy (non-hydrogen) atoms. The largest absolute Gasteiger partial charge is 0.507 e. The predicted molar refractivity (Wildman–Crippen MR) is 101 cm³/mol. The molecular weight excluding hydrogens is 310 g/mol. The number of furan rings is 1. The number of hydrogen-bond acceptors (Lipinski definition) is 3. The Morgan fingerprint density at radius 3 is 2.56 bits per heavy atom. The summed E-state index contributed by atoms with van der Waals surface area (Å²) in [6.45, 7) is 5.19. The van der Waals surface area contributed by atoms with Gasteiger partial charge < -0.3 is 9.52 Å². The number of phenolic OH excluding ortho intramolecular Hbond substituents is 1. The first kappa shape index (κ1) is 16.2. The normalized spacial score (nSPS) is 16.5. The van der Waals surface area contributed by atoms with Crippen molar-refractivity contribution >= 4 is 11.0 Å². The molecule has 0 bridgehead atoms. The Labute approximate surface area is 148 Å². The van der Waals surface area contributed by atoms with Crippen molar-refractivity contribution in [1.82, 2.24) is 4.90 Å². The first-order valence-corrected chi connectivity index (χ1v) is 9.16. The molecule has 0 atom stereocenters. The average Bonchev–Trinajstić information content (AvgIpc) is 3.03. The Hall–Kier alpha value is -2.26. The maximum Gasteiger partial charge on any atom is 0.138 e. The van der Waals surface area contributed by atoms with Gasteiger partial charge in [0.2, 0.25) is 0 Å².